The van der Waals surface area contributed by atoms with Crippen LogP contribution < -0.4 is 0 Å². The van der Waals surface area contributed by atoms with E-state index in [1.54, 1.807) is 13.0 Å². The largest absolute Gasteiger partial charge is 0.460 e. The van der Waals surface area contributed by atoms with Gasteiger partial charge in [-0.2, -0.15) is 0 Å². The van der Waals surface area contributed by atoms with Crippen LogP contribution in [0.25, 0.3) is 0 Å². The standard InChI is InChI=1S/C14H25NO3/c1-5-8-14(17,11(2)3)13(16)18-12-6-9-15(4)10-7-12/h5,8,11-12,17H,6-7,9-10H2,1-4H3/b8-5-. The number of likely N-dealkylation sites (tertiary alicyclic amines) is 1. The Balaban J connectivity index is 2.62. The van der Waals surface area contributed by atoms with Crippen molar-refractivity contribution in [1.29, 1.82) is 0 Å². The number of ether oxygens (including phenoxy) is 1. The average molecular weight is 255 g/mol. The summed E-state index contributed by atoms with van der Waals surface area (Å²) in [6.07, 6.45) is 4.83. The van der Waals surface area contributed by atoms with Crippen LogP contribution in [0.1, 0.15) is 33.6 Å². The Labute approximate surface area is 110 Å². The highest BCUT2D eigenvalue weighted by molar-refractivity contribution is 5.82. The molecule has 0 aliphatic carbocycles. The maximum atomic E-state index is 12.1. The third kappa shape index (κ3) is 3.56. The van der Waals surface area contributed by atoms with Crippen molar-refractivity contribution in [3.05, 3.63) is 12.2 Å². The van der Waals surface area contributed by atoms with E-state index in [0.717, 1.165) is 25.9 Å². The molecule has 1 aliphatic heterocycles. The Morgan fingerprint density at radius 3 is 2.44 bits per heavy atom. The highest BCUT2D eigenvalue weighted by Gasteiger charge is 2.39. The van der Waals surface area contributed by atoms with Crippen LogP contribution in [0.2, 0.25) is 0 Å². The Bertz CT molecular complexity index is 306. The zero-order chi connectivity index (χ0) is 13.8. The summed E-state index contributed by atoms with van der Waals surface area (Å²) >= 11 is 0. The molecule has 0 aromatic rings. The quantitative estimate of drug-likeness (QED) is 0.612. The molecular weight excluding hydrogens is 230 g/mol. The molecule has 1 heterocycles. The Kier molecular flexibility index (Phi) is 5.35. The third-order valence-electron chi connectivity index (χ3n) is 3.57. The molecule has 0 radical (unpaired) electrons. The molecule has 0 spiro atoms. The topological polar surface area (TPSA) is 49.8 Å². The van der Waals surface area contributed by atoms with Gasteiger partial charge in [-0.15, -0.1) is 0 Å². The number of rotatable bonds is 4. The lowest BCUT2D eigenvalue weighted by molar-refractivity contribution is -0.172. The van der Waals surface area contributed by atoms with Crippen molar-refractivity contribution >= 4 is 5.97 Å². The number of esters is 1. The second-order valence-corrected chi connectivity index (χ2v) is 5.39. The van der Waals surface area contributed by atoms with Gasteiger partial charge in [0.1, 0.15) is 6.10 Å². The van der Waals surface area contributed by atoms with Gasteiger partial charge in [0.2, 0.25) is 0 Å². The van der Waals surface area contributed by atoms with Crippen molar-refractivity contribution in [2.24, 2.45) is 5.92 Å². The molecule has 18 heavy (non-hydrogen) atoms. The van der Waals surface area contributed by atoms with Gasteiger partial charge in [0.05, 0.1) is 0 Å². The molecule has 0 bridgehead atoms. The van der Waals surface area contributed by atoms with Crippen LogP contribution in [0, 0.1) is 5.92 Å². The van der Waals surface area contributed by atoms with Crippen molar-refractivity contribution in [3.8, 4) is 0 Å². The summed E-state index contributed by atoms with van der Waals surface area (Å²) < 4.78 is 5.45. The van der Waals surface area contributed by atoms with E-state index in [1.807, 2.05) is 13.8 Å². The van der Waals surface area contributed by atoms with E-state index in [4.69, 9.17) is 4.74 Å². The van der Waals surface area contributed by atoms with Gasteiger partial charge in [0, 0.05) is 13.1 Å². The SMILES string of the molecule is C/C=C\C(O)(C(=O)OC1CCN(C)CC1)C(C)C. The highest BCUT2D eigenvalue weighted by Crippen LogP contribution is 2.23. The number of nitrogens with zero attached hydrogens (tertiary/aromatic N) is 1. The molecule has 1 atom stereocenters. The second kappa shape index (κ2) is 6.34. The van der Waals surface area contributed by atoms with E-state index in [1.165, 1.54) is 6.08 Å². The van der Waals surface area contributed by atoms with E-state index >= 15 is 0 Å². The normalized spacial score (nSPS) is 22.3. The molecule has 1 fully saturated rings. The van der Waals surface area contributed by atoms with Crippen LogP contribution in [0.15, 0.2) is 12.2 Å². The fourth-order valence-corrected chi connectivity index (χ4v) is 2.10. The fraction of sp³-hybridized carbons (Fsp3) is 0.786. The van der Waals surface area contributed by atoms with Crippen molar-refractivity contribution in [2.45, 2.75) is 45.3 Å². The average Bonchev–Trinajstić information content (AvgIpc) is 2.32. The Morgan fingerprint density at radius 2 is 2.00 bits per heavy atom. The van der Waals surface area contributed by atoms with Crippen molar-refractivity contribution < 1.29 is 14.6 Å². The first-order valence-corrected chi connectivity index (χ1v) is 6.66. The van der Waals surface area contributed by atoms with E-state index in [2.05, 4.69) is 11.9 Å². The molecule has 104 valence electrons. The number of carbonyl (C=O) groups excluding carboxylic acids is 1. The summed E-state index contributed by atoms with van der Waals surface area (Å²) in [6, 6.07) is 0. The van der Waals surface area contributed by atoms with Crippen LogP contribution in [0.4, 0.5) is 0 Å². The molecule has 1 saturated heterocycles. The highest BCUT2D eigenvalue weighted by atomic mass is 16.6. The lowest BCUT2D eigenvalue weighted by atomic mass is 9.90. The van der Waals surface area contributed by atoms with Gasteiger partial charge < -0.3 is 14.7 Å². The number of hydrogen-bond acceptors (Lipinski definition) is 4. The van der Waals surface area contributed by atoms with Crippen LogP contribution >= 0.6 is 0 Å². The molecule has 0 aromatic carbocycles. The van der Waals surface area contributed by atoms with Gasteiger partial charge in [-0.05, 0) is 38.8 Å². The third-order valence-corrected chi connectivity index (χ3v) is 3.57. The Morgan fingerprint density at radius 1 is 1.44 bits per heavy atom. The van der Waals surface area contributed by atoms with E-state index in [-0.39, 0.29) is 12.0 Å². The van der Waals surface area contributed by atoms with Crippen LogP contribution in [0.5, 0.6) is 0 Å². The van der Waals surface area contributed by atoms with Gasteiger partial charge in [-0.1, -0.05) is 19.9 Å². The maximum absolute atomic E-state index is 12.1. The molecule has 0 amide bonds. The Hall–Kier alpha value is -0.870. The lowest BCUT2D eigenvalue weighted by Gasteiger charge is -2.32. The number of allylic oxidation sites excluding steroid dienone is 1. The zero-order valence-corrected chi connectivity index (χ0v) is 11.8. The minimum atomic E-state index is -1.50. The molecule has 4 heteroatoms. The maximum Gasteiger partial charge on any atom is 0.342 e. The first-order chi connectivity index (χ1) is 8.40. The van der Waals surface area contributed by atoms with Gasteiger partial charge in [0.15, 0.2) is 5.60 Å². The first kappa shape index (κ1) is 15.2. The summed E-state index contributed by atoms with van der Waals surface area (Å²) in [5.74, 6) is -0.724. The molecule has 1 unspecified atom stereocenters. The van der Waals surface area contributed by atoms with Crippen LogP contribution in [0.3, 0.4) is 0 Å². The molecule has 0 saturated carbocycles. The molecule has 0 aromatic heterocycles. The fourth-order valence-electron chi connectivity index (χ4n) is 2.10. The van der Waals surface area contributed by atoms with Crippen LogP contribution in [-0.4, -0.2) is 47.8 Å². The monoisotopic (exact) mass is 255 g/mol. The van der Waals surface area contributed by atoms with Crippen LogP contribution in [-0.2, 0) is 9.53 Å². The summed E-state index contributed by atoms with van der Waals surface area (Å²) in [5, 5.41) is 10.4. The number of carbonyl (C=O) groups is 1. The summed E-state index contributed by atoms with van der Waals surface area (Å²) in [6.45, 7) is 7.28. The zero-order valence-electron chi connectivity index (χ0n) is 11.8. The first-order valence-electron chi connectivity index (χ1n) is 6.66. The molecular formula is C14H25NO3. The predicted molar refractivity (Wildman–Crippen MR) is 71.2 cm³/mol. The molecule has 1 rings (SSSR count). The number of aliphatic hydroxyl groups is 1. The van der Waals surface area contributed by atoms with E-state index in [0.29, 0.717) is 0 Å². The van der Waals surface area contributed by atoms with Gasteiger partial charge in [0.25, 0.3) is 0 Å². The number of hydrogen-bond donors (Lipinski definition) is 1. The predicted octanol–water partition coefficient (Wildman–Crippen LogP) is 1.59. The van der Waals surface area contributed by atoms with Crippen molar-refractivity contribution in [3.63, 3.8) is 0 Å². The van der Waals surface area contributed by atoms with Crippen molar-refractivity contribution in [1.82, 2.24) is 4.90 Å². The smallest absolute Gasteiger partial charge is 0.342 e. The molecule has 1 aliphatic rings. The molecule has 1 N–H and O–H groups in total. The summed E-state index contributed by atoms with van der Waals surface area (Å²) in [4.78, 5) is 14.3. The van der Waals surface area contributed by atoms with E-state index in [9.17, 15) is 9.90 Å². The molecule has 4 nitrogen and oxygen atoms in total. The summed E-state index contributed by atoms with van der Waals surface area (Å²) in [5.41, 5.74) is -1.50. The second-order valence-electron chi connectivity index (χ2n) is 5.39. The minimum absolute atomic E-state index is 0.0655. The van der Waals surface area contributed by atoms with Crippen molar-refractivity contribution in [2.75, 3.05) is 20.1 Å². The lowest BCUT2D eigenvalue weighted by Crippen LogP contribution is -2.46. The van der Waals surface area contributed by atoms with E-state index < -0.39 is 11.6 Å². The number of piperidine rings is 1. The van der Waals surface area contributed by atoms with Gasteiger partial charge >= 0.3 is 5.97 Å². The van der Waals surface area contributed by atoms with Gasteiger partial charge in [-0.3, -0.25) is 0 Å². The minimum Gasteiger partial charge on any atom is -0.460 e. The van der Waals surface area contributed by atoms with Gasteiger partial charge in [-0.25, -0.2) is 4.79 Å². The summed E-state index contributed by atoms with van der Waals surface area (Å²) in [7, 11) is 2.06.